The number of rotatable bonds is 10. The van der Waals surface area contributed by atoms with Crippen LogP contribution in [0.4, 0.5) is 14.7 Å². The quantitative estimate of drug-likeness (QED) is 0.242. The minimum absolute atomic E-state index is 0.00183. The molecular formula is C25H22F2N6O3S2. The van der Waals surface area contributed by atoms with Crippen LogP contribution in [-0.4, -0.2) is 48.0 Å². The van der Waals surface area contributed by atoms with Gasteiger partial charge in [0.05, 0.1) is 23.4 Å². The summed E-state index contributed by atoms with van der Waals surface area (Å²) in [5.74, 6) is -0.496. The molecule has 9 nitrogen and oxygen atoms in total. The van der Waals surface area contributed by atoms with Crippen molar-refractivity contribution in [2.24, 2.45) is 0 Å². The molecule has 0 radical (unpaired) electrons. The van der Waals surface area contributed by atoms with Gasteiger partial charge in [0.1, 0.15) is 11.5 Å². The number of nitrogens with one attached hydrogen (secondary N) is 2. The minimum atomic E-state index is -3.73. The summed E-state index contributed by atoms with van der Waals surface area (Å²) in [5.41, 5.74) is 2.61. The molecule has 13 heteroatoms. The molecule has 0 aliphatic rings. The molecule has 5 aromatic rings. The van der Waals surface area contributed by atoms with E-state index in [1.165, 1.54) is 36.6 Å². The fourth-order valence-electron chi connectivity index (χ4n) is 3.81. The van der Waals surface area contributed by atoms with Gasteiger partial charge in [0, 0.05) is 36.4 Å². The van der Waals surface area contributed by atoms with E-state index in [2.05, 4.69) is 20.0 Å². The van der Waals surface area contributed by atoms with E-state index in [0.717, 1.165) is 17.1 Å². The van der Waals surface area contributed by atoms with Crippen LogP contribution in [0.25, 0.3) is 27.6 Å². The number of methoxy groups -OCH3 is 1. The van der Waals surface area contributed by atoms with Crippen molar-refractivity contribution in [3.63, 3.8) is 0 Å². The zero-order valence-corrected chi connectivity index (χ0v) is 21.7. The molecule has 3 aromatic heterocycles. The normalized spacial score (nSPS) is 11.7. The van der Waals surface area contributed by atoms with Crippen LogP contribution < -0.4 is 14.8 Å². The Bertz CT molecular complexity index is 1690. The minimum Gasteiger partial charge on any atom is -0.494 e. The van der Waals surface area contributed by atoms with Crippen molar-refractivity contribution in [3.8, 4) is 28.4 Å². The maximum absolute atomic E-state index is 14.0. The lowest BCUT2D eigenvalue weighted by molar-refractivity contribution is 0.387. The van der Waals surface area contributed by atoms with E-state index in [1.807, 2.05) is 16.0 Å². The smallest absolute Gasteiger partial charge is 0.240 e. The van der Waals surface area contributed by atoms with Gasteiger partial charge < -0.3 is 10.1 Å². The molecule has 0 bridgehead atoms. The summed E-state index contributed by atoms with van der Waals surface area (Å²) in [7, 11) is -2.32. The number of fused-ring (bicyclic) bond motifs is 1. The molecule has 0 amide bonds. The number of halogens is 2. The predicted octanol–water partition coefficient (Wildman–Crippen LogP) is 4.59. The third kappa shape index (κ3) is 5.35. The van der Waals surface area contributed by atoms with Crippen molar-refractivity contribution in [2.75, 3.05) is 25.5 Å². The number of hydrogen-bond acceptors (Lipinski definition) is 8. The third-order valence-corrected chi connectivity index (χ3v) is 7.87. The average Bonchev–Trinajstić information content (AvgIpc) is 3.51. The predicted molar refractivity (Wildman–Crippen MR) is 141 cm³/mol. The van der Waals surface area contributed by atoms with Crippen LogP contribution in [0.5, 0.6) is 5.75 Å². The van der Waals surface area contributed by atoms with E-state index in [4.69, 9.17) is 9.72 Å². The van der Waals surface area contributed by atoms with Crippen LogP contribution in [0.15, 0.2) is 71.2 Å². The molecular weight excluding hydrogens is 534 g/mol. The monoisotopic (exact) mass is 556 g/mol. The Balaban J connectivity index is 1.30. The number of thiazole rings is 1. The number of ether oxygens (including phenoxy) is 1. The largest absolute Gasteiger partial charge is 0.494 e. The zero-order valence-electron chi connectivity index (χ0n) is 20.1. The second kappa shape index (κ2) is 10.8. The van der Waals surface area contributed by atoms with Gasteiger partial charge in [0.25, 0.3) is 0 Å². The molecule has 0 atom stereocenters. The summed E-state index contributed by atoms with van der Waals surface area (Å²) >= 11 is 1.46. The first kappa shape index (κ1) is 25.7. The Morgan fingerprint density at radius 3 is 2.66 bits per heavy atom. The fraction of sp³-hybridized carbons (Fsp3) is 0.160. The average molecular weight is 557 g/mol. The van der Waals surface area contributed by atoms with Crippen LogP contribution in [0.1, 0.15) is 6.42 Å². The summed E-state index contributed by atoms with van der Waals surface area (Å²) in [5, 5.41) is 5.01. The molecule has 2 aromatic carbocycles. The summed E-state index contributed by atoms with van der Waals surface area (Å²) in [6, 6.07) is 11.0. The van der Waals surface area contributed by atoms with Gasteiger partial charge in [-0.3, -0.25) is 4.40 Å². The molecule has 0 spiro atoms. The Morgan fingerprint density at radius 2 is 1.87 bits per heavy atom. The lowest BCUT2D eigenvalue weighted by Crippen LogP contribution is -2.26. The SMILES string of the molecule is COc1cc(-c2nc3sccn3c2-c2ccnc(NCCCNS(=O)(=O)c3ccc(F)cc3)n2)ccc1F. The Hall–Kier alpha value is -3.94. The lowest BCUT2D eigenvalue weighted by Gasteiger charge is -2.09. The molecule has 0 unspecified atom stereocenters. The number of sulfonamides is 1. The Kier molecular flexibility index (Phi) is 7.31. The van der Waals surface area contributed by atoms with E-state index in [9.17, 15) is 17.2 Å². The maximum atomic E-state index is 14.0. The third-order valence-electron chi connectivity index (χ3n) is 5.64. The molecule has 0 saturated heterocycles. The van der Waals surface area contributed by atoms with Gasteiger partial charge >= 0.3 is 0 Å². The van der Waals surface area contributed by atoms with Crippen LogP contribution in [0.3, 0.4) is 0 Å². The number of hydrogen-bond donors (Lipinski definition) is 2. The molecule has 3 heterocycles. The molecule has 5 rings (SSSR count). The van der Waals surface area contributed by atoms with Gasteiger partial charge in [-0.15, -0.1) is 11.3 Å². The van der Waals surface area contributed by atoms with Crippen LogP contribution in [0, 0.1) is 11.6 Å². The van der Waals surface area contributed by atoms with Gasteiger partial charge in [-0.05, 0) is 55.0 Å². The molecule has 38 heavy (non-hydrogen) atoms. The first-order chi connectivity index (χ1) is 18.4. The van der Waals surface area contributed by atoms with Crippen molar-refractivity contribution >= 4 is 32.3 Å². The van der Waals surface area contributed by atoms with E-state index in [0.29, 0.717) is 41.6 Å². The van der Waals surface area contributed by atoms with E-state index >= 15 is 0 Å². The summed E-state index contributed by atoms with van der Waals surface area (Å²) < 4.78 is 61.3. The van der Waals surface area contributed by atoms with Crippen molar-refractivity contribution in [1.82, 2.24) is 24.1 Å². The van der Waals surface area contributed by atoms with Gasteiger partial charge in [0.2, 0.25) is 16.0 Å². The first-order valence-electron chi connectivity index (χ1n) is 11.5. The van der Waals surface area contributed by atoms with Crippen molar-refractivity contribution < 1.29 is 21.9 Å². The van der Waals surface area contributed by atoms with Crippen LogP contribution >= 0.6 is 11.3 Å². The molecule has 2 N–H and O–H groups in total. The highest BCUT2D eigenvalue weighted by molar-refractivity contribution is 7.89. The molecule has 0 fully saturated rings. The second-order valence-corrected chi connectivity index (χ2v) is 10.8. The van der Waals surface area contributed by atoms with Crippen molar-refractivity contribution in [1.29, 1.82) is 0 Å². The van der Waals surface area contributed by atoms with Crippen molar-refractivity contribution in [3.05, 3.63) is 77.9 Å². The summed E-state index contributed by atoms with van der Waals surface area (Å²) in [6.45, 7) is 0.568. The molecule has 196 valence electrons. The molecule has 0 aliphatic carbocycles. The highest BCUT2D eigenvalue weighted by atomic mass is 32.2. The zero-order chi connectivity index (χ0) is 26.7. The van der Waals surface area contributed by atoms with Crippen LogP contribution in [0.2, 0.25) is 0 Å². The van der Waals surface area contributed by atoms with Crippen LogP contribution in [-0.2, 0) is 10.0 Å². The van der Waals surface area contributed by atoms with Crippen molar-refractivity contribution in [2.45, 2.75) is 11.3 Å². The maximum Gasteiger partial charge on any atom is 0.240 e. The number of nitrogens with zero attached hydrogens (tertiary/aromatic N) is 4. The van der Waals surface area contributed by atoms with Gasteiger partial charge in [-0.25, -0.2) is 36.9 Å². The van der Waals surface area contributed by atoms with Gasteiger partial charge in [-0.2, -0.15) is 0 Å². The Morgan fingerprint density at radius 1 is 1.05 bits per heavy atom. The lowest BCUT2D eigenvalue weighted by atomic mass is 10.1. The Labute approximate surface area is 221 Å². The van der Waals surface area contributed by atoms with E-state index < -0.39 is 21.7 Å². The number of aromatic nitrogens is 4. The fourth-order valence-corrected chi connectivity index (χ4v) is 5.59. The highest BCUT2D eigenvalue weighted by Gasteiger charge is 2.20. The standard InChI is InChI=1S/C25H22F2N6O3S2/c1-36-21-15-16(3-8-19(21)27)22-23(33-13-14-37-25(33)32-22)20-9-12-29-24(31-20)28-10-2-11-30-38(34,35)18-6-4-17(26)5-7-18/h3-9,12-15,30H,2,10-11H2,1H3,(H,28,29,31). The first-order valence-corrected chi connectivity index (χ1v) is 13.8. The van der Waals surface area contributed by atoms with Gasteiger partial charge in [-0.1, -0.05) is 0 Å². The number of anilines is 1. The summed E-state index contributed by atoms with van der Waals surface area (Å²) in [4.78, 5) is 14.4. The van der Waals surface area contributed by atoms with E-state index in [-0.39, 0.29) is 17.2 Å². The highest BCUT2D eigenvalue weighted by Crippen LogP contribution is 2.35. The topological polar surface area (TPSA) is 111 Å². The number of imidazole rings is 1. The molecule has 0 saturated carbocycles. The molecule has 0 aliphatic heterocycles. The number of benzene rings is 2. The van der Waals surface area contributed by atoms with Gasteiger partial charge in [0.15, 0.2) is 16.5 Å². The second-order valence-electron chi connectivity index (χ2n) is 8.11. The summed E-state index contributed by atoms with van der Waals surface area (Å²) in [6.07, 6.45) is 3.95. The van der Waals surface area contributed by atoms with E-state index in [1.54, 1.807) is 24.4 Å².